The topological polar surface area (TPSA) is 42.4 Å². The molecule has 0 spiro atoms. The van der Waals surface area contributed by atoms with Crippen molar-refractivity contribution in [1.29, 1.82) is 0 Å². The minimum absolute atomic E-state index is 0.215. The number of rotatable bonds is 5. The van der Waals surface area contributed by atoms with Gasteiger partial charge in [-0.3, -0.25) is 9.78 Å². The Morgan fingerprint density at radius 2 is 2.42 bits per heavy atom. The van der Waals surface area contributed by atoms with Crippen LogP contribution < -0.4 is 0 Å². The molecule has 4 nitrogen and oxygen atoms in total. The van der Waals surface area contributed by atoms with E-state index in [4.69, 9.17) is 4.74 Å². The highest BCUT2D eigenvalue weighted by atomic mass is 16.5. The van der Waals surface area contributed by atoms with Crippen molar-refractivity contribution in [3.05, 3.63) is 30.1 Å². The number of ether oxygens (including phenoxy) is 1. The lowest BCUT2D eigenvalue weighted by atomic mass is 9.93. The fraction of sp³-hybridized carbons (Fsp3) is 0.600. The average Bonchev–Trinajstić information content (AvgIpc) is 2.46. The van der Waals surface area contributed by atoms with Crippen molar-refractivity contribution in [3.8, 4) is 0 Å². The molecule has 1 aromatic heterocycles. The summed E-state index contributed by atoms with van der Waals surface area (Å²) >= 11 is 0. The molecule has 19 heavy (non-hydrogen) atoms. The summed E-state index contributed by atoms with van der Waals surface area (Å²) in [4.78, 5) is 18.3. The first-order chi connectivity index (χ1) is 9.29. The number of pyridine rings is 1. The SMILES string of the molecule is COCCC(=O)N1CCCC(Cc2ccccn2)C1. The Kier molecular flexibility index (Phi) is 5.33. The number of carbonyl (C=O) groups is 1. The van der Waals surface area contributed by atoms with E-state index in [0.29, 0.717) is 18.9 Å². The van der Waals surface area contributed by atoms with Gasteiger partial charge in [-0.05, 0) is 37.3 Å². The fourth-order valence-corrected chi connectivity index (χ4v) is 2.62. The maximum atomic E-state index is 12.0. The predicted molar refractivity (Wildman–Crippen MR) is 73.7 cm³/mol. The first-order valence-electron chi connectivity index (χ1n) is 6.96. The smallest absolute Gasteiger partial charge is 0.224 e. The second kappa shape index (κ2) is 7.24. The lowest BCUT2D eigenvalue weighted by molar-refractivity contribution is -0.133. The summed E-state index contributed by atoms with van der Waals surface area (Å²) in [7, 11) is 1.63. The normalized spacial score (nSPS) is 19.4. The van der Waals surface area contributed by atoms with E-state index >= 15 is 0 Å². The molecule has 0 aromatic carbocycles. The second-order valence-electron chi connectivity index (χ2n) is 5.12. The predicted octanol–water partition coefficient (Wildman–Crippen LogP) is 1.90. The van der Waals surface area contributed by atoms with E-state index in [9.17, 15) is 4.79 Å². The zero-order chi connectivity index (χ0) is 13.5. The minimum Gasteiger partial charge on any atom is -0.384 e. The summed E-state index contributed by atoms with van der Waals surface area (Å²) in [5.41, 5.74) is 1.12. The number of methoxy groups -OCH3 is 1. The maximum Gasteiger partial charge on any atom is 0.224 e. The van der Waals surface area contributed by atoms with E-state index in [1.165, 1.54) is 6.42 Å². The molecule has 1 fully saturated rings. The molecule has 104 valence electrons. The van der Waals surface area contributed by atoms with Crippen molar-refractivity contribution in [1.82, 2.24) is 9.88 Å². The van der Waals surface area contributed by atoms with Gasteiger partial charge in [0.05, 0.1) is 13.0 Å². The number of likely N-dealkylation sites (tertiary alicyclic amines) is 1. The van der Waals surface area contributed by atoms with E-state index in [0.717, 1.165) is 31.6 Å². The van der Waals surface area contributed by atoms with Gasteiger partial charge in [0.1, 0.15) is 0 Å². The minimum atomic E-state index is 0.215. The van der Waals surface area contributed by atoms with Crippen LogP contribution in [-0.2, 0) is 16.0 Å². The molecule has 4 heteroatoms. The van der Waals surface area contributed by atoms with E-state index in [2.05, 4.69) is 11.1 Å². The Morgan fingerprint density at radius 3 is 3.16 bits per heavy atom. The molecule has 1 aliphatic heterocycles. The molecule has 0 bridgehead atoms. The van der Waals surface area contributed by atoms with Gasteiger partial charge in [0.2, 0.25) is 5.91 Å². The summed E-state index contributed by atoms with van der Waals surface area (Å²) in [6, 6.07) is 6.02. The quantitative estimate of drug-likeness (QED) is 0.814. The molecule has 1 atom stereocenters. The van der Waals surface area contributed by atoms with Gasteiger partial charge in [-0.25, -0.2) is 0 Å². The largest absolute Gasteiger partial charge is 0.384 e. The van der Waals surface area contributed by atoms with Gasteiger partial charge >= 0.3 is 0 Å². The zero-order valence-electron chi connectivity index (χ0n) is 11.5. The number of hydrogen-bond donors (Lipinski definition) is 0. The molecular formula is C15H22N2O2. The van der Waals surface area contributed by atoms with E-state index in [-0.39, 0.29) is 5.91 Å². The van der Waals surface area contributed by atoms with Crippen LogP contribution in [0.3, 0.4) is 0 Å². The Hall–Kier alpha value is -1.42. The summed E-state index contributed by atoms with van der Waals surface area (Å²) in [6.07, 6.45) is 5.57. The lowest BCUT2D eigenvalue weighted by Gasteiger charge is -2.32. The third-order valence-electron chi connectivity index (χ3n) is 3.62. The Morgan fingerprint density at radius 1 is 1.53 bits per heavy atom. The van der Waals surface area contributed by atoms with Crippen molar-refractivity contribution in [2.24, 2.45) is 5.92 Å². The molecule has 1 saturated heterocycles. The van der Waals surface area contributed by atoms with E-state index in [1.807, 2.05) is 23.2 Å². The molecule has 0 saturated carbocycles. The van der Waals surface area contributed by atoms with Crippen LogP contribution in [0.4, 0.5) is 0 Å². The zero-order valence-corrected chi connectivity index (χ0v) is 11.5. The van der Waals surface area contributed by atoms with Crippen LogP contribution in [0.2, 0.25) is 0 Å². The molecule has 2 heterocycles. The monoisotopic (exact) mass is 262 g/mol. The number of aromatic nitrogens is 1. The maximum absolute atomic E-state index is 12.0. The molecular weight excluding hydrogens is 240 g/mol. The van der Waals surface area contributed by atoms with Crippen molar-refractivity contribution >= 4 is 5.91 Å². The van der Waals surface area contributed by atoms with Crippen LogP contribution in [0, 0.1) is 5.92 Å². The highest BCUT2D eigenvalue weighted by Gasteiger charge is 2.23. The molecule has 1 unspecified atom stereocenters. The fourth-order valence-electron chi connectivity index (χ4n) is 2.62. The van der Waals surface area contributed by atoms with Crippen LogP contribution in [0.1, 0.15) is 25.0 Å². The standard InChI is InChI=1S/C15H22N2O2/c1-19-10-7-15(18)17-9-4-5-13(12-17)11-14-6-2-3-8-16-14/h2-3,6,8,13H,4-5,7,9-12H2,1H3. The third-order valence-corrected chi connectivity index (χ3v) is 3.62. The molecule has 0 N–H and O–H groups in total. The highest BCUT2D eigenvalue weighted by molar-refractivity contribution is 5.76. The summed E-state index contributed by atoms with van der Waals surface area (Å²) in [5.74, 6) is 0.753. The molecule has 0 aliphatic carbocycles. The van der Waals surface area contributed by atoms with Crippen molar-refractivity contribution < 1.29 is 9.53 Å². The molecule has 2 rings (SSSR count). The molecule has 1 aromatic rings. The van der Waals surface area contributed by atoms with Gasteiger partial charge in [-0.1, -0.05) is 6.07 Å². The van der Waals surface area contributed by atoms with Crippen LogP contribution in [0.5, 0.6) is 0 Å². The molecule has 1 amide bonds. The van der Waals surface area contributed by atoms with Crippen molar-refractivity contribution in [2.75, 3.05) is 26.8 Å². The highest BCUT2D eigenvalue weighted by Crippen LogP contribution is 2.20. The van der Waals surface area contributed by atoms with Crippen LogP contribution >= 0.6 is 0 Å². The number of hydrogen-bond acceptors (Lipinski definition) is 3. The first-order valence-corrected chi connectivity index (χ1v) is 6.96. The van der Waals surface area contributed by atoms with E-state index in [1.54, 1.807) is 7.11 Å². The van der Waals surface area contributed by atoms with Gasteiger partial charge in [0.15, 0.2) is 0 Å². The number of nitrogens with zero attached hydrogens (tertiary/aromatic N) is 2. The Labute approximate surface area is 114 Å². The van der Waals surface area contributed by atoms with Crippen molar-refractivity contribution in [3.63, 3.8) is 0 Å². The average molecular weight is 262 g/mol. The van der Waals surface area contributed by atoms with Gasteiger partial charge in [-0.15, -0.1) is 0 Å². The summed E-state index contributed by atoms with van der Waals surface area (Å²) in [6.45, 7) is 2.26. The third kappa shape index (κ3) is 4.31. The Bertz CT molecular complexity index is 394. The van der Waals surface area contributed by atoms with Crippen LogP contribution in [0.15, 0.2) is 24.4 Å². The Balaban J connectivity index is 1.85. The number of carbonyl (C=O) groups excluding carboxylic acids is 1. The van der Waals surface area contributed by atoms with Crippen molar-refractivity contribution in [2.45, 2.75) is 25.7 Å². The van der Waals surface area contributed by atoms with Crippen LogP contribution in [-0.4, -0.2) is 42.6 Å². The van der Waals surface area contributed by atoms with Gasteiger partial charge in [-0.2, -0.15) is 0 Å². The van der Waals surface area contributed by atoms with E-state index < -0.39 is 0 Å². The van der Waals surface area contributed by atoms with Gasteiger partial charge in [0, 0.05) is 32.1 Å². The molecule has 1 aliphatic rings. The summed E-state index contributed by atoms with van der Waals surface area (Å²) < 4.78 is 4.97. The van der Waals surface area contributed by atoms with Gasteiger partial charge < -0.3 is 9.64 Å². The molecule has 0 radical (unpaired) electrons. The second-order valence-corrected chi connectivity index (χ2v) is 5.12. The van der Waals surface area contributed by atoms with Gasteiger partial charge in [0.25, 0.3) is 0 Å². The first kappa shape index (κ1) is 14.0. The van der Waals surface area contributed by atoms with Crippen LogP contribution in [0.25, 0.3) is 0 Å². The number of amides is 1. The lowest BCUT2D eigenvalue weighted by Crippen LogP contribution is -2.40. The number of piperidine rings is 1. The summed E-state index contributed by atoms with van der Waals surface area (Å²) in [5, 5.41) is 0.